The predicted octanol–water partition coefficient (Wildman–Crippen LogP) is 2.79. The molecule has 1 aromatic heterocycles. The summed E-state index contributed by atoms with van der Waals surface area (Å²) in [5, 5.41) is 4.26. The molecule has 1 heterocycles. The summed E-state index contributed by atoms with van der Waals surface area (Å²) in [7, 11) is -5.66. The maximum absolute atomic E-state index is 12.3. The van der Waals surface area contributed by atoms with Crippen LogP contribution in [0.25, 0.3) is 17.1 Å². The third kappa shape index (κ3) is 4.14. The number of aromatic nitrogens is 3. The second kappa shape index (κ2) is 7.08. The predicted molar refractivity (Wildman–Crippen MR) is 88.7 cm³/mol. The zero-order chi connectivity index (χ0) is 19.7. The molecule has 0 fully saturated rings. The van der Waals surface area contributed by atoms with Gasteiger partial charge in [-0.1, -0.05) is 36.4 Å². The first kappa shape index (κ1) is 19.0. The lowest BCUT2D eigenvalue weighted by Gasteiger charge is -2.17. The number of hydrogen-bond acceptors (Lipinski definition) is 6. The second-order valence-electron chi connectivity index (χ2n) is 5.51. The molecule has 7 nitrogen and oxygen atoms in total. The van der Waals surface area contributed by atoms with E-state index in [4.69, 9.17) is 0 Å². The number of benzene rings is 1. The Balaban J connectivity index is 1.71. The van der Waals surface area contributed by atoms with Crippen LogP contribution in [-0.4, -0.2) is 41.1 Å². The van der Waals surface area contributed by atoms with Gasteiger partial charge in [0.15, 0.2) is 5.82 Å². The molecule has 0 amide bonds. The first-order chi connectivity index (χ1) is 12.7. The van der Waals surface area contributed by atoms with E-state index < -0.39 is 21.7 Å². The van der Waals surface area contributed by atoms with Crippen molar-refractivity contribution in [1.29, 1.82) is 0 Å². The topological polar surface area (TPSA) is 91.2 Å². The van der Waals surface area contributed by atoms with Gasteiger partial charge >= 0.3 is 15.6 Å². The van der Waals surface area contributed by atoms with Crippen LogP contribution in [0.5, 0.6) is 0 Å². The van der Waals surface area contributed by atoms with Gasteiger partial charge in [0.05, 0.1) is 11.8 Å². The van der Waals surface area contributed by atoms with Crippen LogP contribution in [0, 0.1) is 0 Å². The summed E-state index contributed by atoms with van der Waals surface area (Å²) in [5.41, 5.74) is -3.78. The lowest BCUT2D eigenvalue weighted by atomic mass is 10.1. The number of rotatable bonds is 5. The van der Waals surface area contributed by atoms with E-state index in [1.807, 2.05) is 0 Å². The first-order valence-electron chi connectivity index (χ1n) is 7.55. The average molecular weight is 399 g/mol. The molecule has 2 aromatic rings. The van der Waals surface area contributed by atoms with Crippen molar-refractivity contribution in [3.8, 4) is 11.4 Å². The Morgan fingerprint density at radius 1 is 1.22 bits per heavy atom. The van der Waals surface area contributed by atoms with Gasteiger partial charge in [-0.2, -0.15) is 21.6 Å². The Kier molecular flexibility index (Phi) is 4.98. The SMILES string of the molecule is O=Cc1ccc(-c2ncn(C3=CCC(OS(=O)(=O)C(F)(F)F)C=C3)n2)cc1. The van der Waals surface area contributed by atoms with Crippen molar-refractivity contribution in [3.05, 3.63) is 54.4 Å². The smallest absolute Gasteiger partial charge is 0.298 e. The lowest BCUT2D eigenvalue weighted by molar-refractivity contribution is -0.0559. The van der Waals surface area contributed by atoms with E-state index in [0.717, 1.165) is 0 Å². The summed E-state index contributed by atoms with van der Waals surface area (Å²) >= 11 is 0. The molecular weight excluding hydrogens is 387 g/mol. The molecule has 1 aromatic carbocycles. The highest BCUT2D eigenvalue weighted by atomic mass is 32.2. The number of aldehydes is 1. The minimum atomic E-state index is -5.66. The number of nitrogens with zero attached hydrogens (tertiary/aromatic N) is 3. The molecule has 0 aliphatic heterocycles. The molecule has 1 atom stereocenters. The molecule has 142 valence electrons. The molecular formula is C16H12F3N3O4S. The summed E-state index contributed by atoms with van der Waals surface area (Å²) in [6.45, 7) is 0. The minimum absolute atomic E-state index is 0.0790. The molecule has 3 rings (SSSR count). The largest absolute Gasteiger partial charge is 0.523 e. The van der Waals surface area contributed by atoms with Crippen LogP contribution < -0.4 is 0 Å². The molecule has 11 heteroatoms. The average Bonchev–Trinajstić information content (AvgIpc) is 3.11. The van der Waals surface area contributed by atoms with Crippen molar-refractivity contribution < 1.29 is 30.6 Å². The third-order valence-electron chi connectivity index (χ3n) is 3.64. The quantitative estimate of drug-likeness (QED) is 0.436. The standard InChI is InChI=1S/C16H12F3N3O4S/c17-16(18,19)27(24,25)26-14-7-5-13(6-8-14)22-10-20-15(21-22)12-3-1-11(9-23)2-4-12/h1-7,9-10,14H,8H2. The number of carbonyl (C=O) groups is 1. The fourth-order valence-electron chi connectivity index (χ4n) is 2.28. The number of carbonyl (C=O) groups excluding carboxylic acids is 1. The van der Waals surface area contributed by atoms with E-state index in [1.165, 1.54) is 29.2 Å². The van der Waals surface area contributed by atoms with Crippen molar-refractivity contribution in [3.63, 3.8) is 0 Å². The Morgan fingerprint density at radius 2 is 1.93 bits per heavy atom. The summed E-state index contributed by atoms with van der Waals surface area (Å²) in [6, 6.07) is 6.60. The second-order valence-corrected chi connectivity index (χ2v) is 7.07. The highest BCUT2D eigenvalue weighted by molar-refractivity contribution is 7.87. The lowest BCUT2D eigenvalue weighted by Crippen LogP contribution is -2.29. The van der Waals surface area contributed by atoms with Gasteiger partial charge in [-0.25, -0.2) is 9.67 Å². The van der Waals surface area contributed by atoms with Gasteiger partial charge in [0.1, 0.15) is 12.6 Å². The number of hydrogen-bond donors (Lipinski definition) is 0. The van der Waals surface area contributed by atoms with Crippen molar-refractivity contribution in [2.45, 2.75) is 18.0 Å². The fraction of sp³-hybridized carbons (Fsp3) is 0.188. The van der Waals surface area contributed by atoms with Gasteiger partial charge < -0.3 is 0 Å². The Labute approximate surface area is 151 Å². The summed E-state index contributed by atoms with van der Waals surface area (Å²) in [6.07, 6.45) is 4.89. The number of halogens is 3. The minimum Gasteiger partial charge on any atom is -0.298 e. The Morgan fingerprint density at radius 3 is 2.48 bits per heavy atom. The molecule has 0 saturated carbocycles. The van der Waals surface area contributed by atoms with Crippen LogP contribution in [0.3, 0.4) is 0 Å². The number of alkyl halides is 3. The fourth-order valence-corrected chi connectivity index (χ4v) is 2.86. The van der Waals surface area contributed by atoms with Crippen LogP contribution in [0.15, 0.2) is 48.8 Å². The van der Waals surface area contributed by atoms with Crippen molar-refractivity contribution in [2.24, 2.45) is 0 Å². The van der Waals surface area contributed by atoms with E-state index in [2.05, 4.69) is 14.3 Å². The van der Waals surface area contributed by atoms with Crippen LogP contribution in [0.1, 0.15) is 16.8 Å². The molecule has 1 unspecified atom stereocenters. The van der Waals surface area contributed by atoms with Gasteiger partial charge in [0.25, 0.3) is 0 Å². The van der Waals surface area contributed by atoms with E-state index in [1.54, 1.807) is 24.3 Å². The van der Waals surface area contributed by atoms with Gasteiger partial charge in [0.2, 0.25) is 0 Å². The van der Waals surface area contributed by atoms with E-state index in [0.29, 0.717) is 28.9 Å². The van der Waals surface area contributed by atoms with Gasteiger partial charge in [-0.15, -0.1) is 5.10 Å². The van der Waals surface area contributed by atoms with E-state index >= 15 is 0 Å². The van der Waals surface area contributed by atoms with E-state index in [9.17, 15) is 26.4 Å². The first-order valence-corrected chi connectivity index (χ1v) is 8.96. The summed E-state index contributed by atoms with van der Waals surface area (Å²) in [5.74, 6) is 0.389. The van der Waals surface area contributed by atoms with Crippen molar-refractivity contribution in [1.82, 2.24) is 14.8 Å². The highest BCUT2D eigenvalue weighted by Gasteiger charge is 2.48. The molecule has 0 radical (unpaired) electrons. The molecule has 1 aliphatic rings. The zero-order valence-corrected chi connectivity index (χ0v) is 14.3. The maximum Gasteiger partial charge on any atom is 0.523 e. The van der Waals surface area contributed by atoms with Crippen LogP contribution in [0.2, 0.25) is 0 Å². The Hall–Kier alpha value is -2.79. The van der Waals surface area contributed by atoms with Gasteiger partial charge in [-0.05, 0) is 12.5 Å². The van der Waals surface area contributed by atoms with Gasteiger partial charge in [-0.3, -0.25) is 8.98 Å². The zero-order valence-electron chi connectivity index (χ0n) is 13.5. The third-order valence-corrected chi connectivity index (χ3v) is 4.70. The molecule has 0 saturated heterocycles. The summed E-state index contributed by atoms with van der Waals surface area (Å²) in [4.78, 5) is 14.8. The molecule has 0 spiro atoms. The van der Waals surface area contributed by atoms with Crippen LogP contribution >= 0.6 is 0 Å². The molecule has 27 heavy (non-hydrogen) atoms. The Bertz CT molecular complexity index is 1010. The van der Waals surface area contributed by atoms with Crippen LogP contribution in [-0.2, 0) is 14.3 Å². The normalized spacial score (nSPS) is 17.6. The van der Waals surface area contributed by atoms with E-state index in [-0.39, 0.29) is 6.42 Å². The molecule has 0 N–H and O–H groups in total. The van der Waals surface area contributed by atoms with Gasteiger partial charge in [0, 0.05) is 11.1 Å². The van der Waals surface area contributed by atoms with Crippen molar-refractivity contribution in [2.75, 3.05) is 0 Å². The molecule has 1 aliphatic carbocycles. The maximum atomic E-state index is 12.3. The highest BCUT2D eigenvalue weighted by Crippen LogP contribution is 2.28. The van der Waals surface area contributed by atoms with Crippen molar-refractivity contribution >= 4 is 22.1 Å². The number of allylic oxidation sites excluding steroid dienone is 2. The molecule has 0 bridgehead atoms. The summed E-state index contributed by atoms with van der Waals surface area (Å²) < 4.78 is 64.7. The van der Waals surface area contributed by atoms with Crippen LogP contribution in [0.4, 0.5) is 13.2 Å². The monoisotopic (exact) mass is 399 g/mol.